The van der Waals surface area contributed by atoms with Gasteiger partial charge in [-0.2, -0.15) is 0 Å². The van der Waals surface area contributed by atoms with E-state index >= 15 is 4.39 Å². The van der Waals surface area contributed by atoms with Crippen molar-refractivity contribution in [1.82, 2.24) is 0 Å². The van der Waals surface area contributed by atoms with Gasteiger partial charge in [-0.3, -0.25) is 0 Å². The molecule has 0 N–H and O–H groups in total. The molecule has 1 saturated carbocycles. The van der Waals surface area contributed by atoms with E-state index in [-0.39, 0.29) is 17.1 Å². The zero-order valence-corrected chi connectivity index (χ0v) is 19.1. The predicted octanol–water partition coefficient (Wildman–Crippen LogP) is 7.98. The van der Waals surface area contributed by atoms with E-state index in [9.17, 15) is 8.78 Å². The Bertz CT molecular complexity index is 1160. The Labute approximate surface area is 200 Å². The van der Waals surface area contributed by atoms with Gasteiger partial charge in [0.25, 0.3) is 0 Å². The van der Waals surface area contributed by atoms with Crippen molar-refractivity contribution in [2.45, 2.75) is 44.4 Å². The first-order valence-electron chi connectivity index (χ1n) is 11.7. The monoisotopic (exact) mass is 459 g/mol. The van der Waals surface area contributed by atoms with Crippen LogP contribution in [0.3, 0.4) is 0 Å². The predicted molar refractivity (Wildman–Crippen MR) is 134 cm³/mol. The molecule has 3 aromatic carbocycles. The number of benzene rings is 3. The summed E-state index contributed by atoms with van der Waals surface area (Å²) in [5.41, 5.74) is 2.79. The summed E-state index contributed by atoms with van der Waals surface area (Å²) >= 11 is 0. The minimum absolute atomic E-state index is 0.0907. The molecule has 0 unspecified atom stereocenters. The quantitative estimate of drug-likeness (QED) is 0.245. The second-order valence-electron chi connectivity index (χ2n) is 8.89. The molecule has 1 aliphatic carbocycles. The maximum absolute atomic E-state index is 15.0. The number of halogens is 3. The molecule has 1 radical (unpaired) electrons. The fourth-order valence-corrected chi connectivity index (χ4v) is 4.91. The second kappa shape index (κ2) is 10.9. The molecule has 1 nitrogen and oxygen atoms in total. The Morgan fingerprint density at radius 3 is 2.12 bits per heavy atom. The Morgan fingerprint density at radius 1 is 0.853 bits per heavy atom. The van der Waals surface area contributed by atoms with Crippen LogP contribution in [0, 0.1) is 23.4 Å². The van der Waals surface area contributed by atoms with Gasteiger partial charge in [0.1, 0.15) is 0 Å². The van der Waals surface area contributed by atoms with E-state index in [2.05, 4.69) is 6.58 Å². The summed E-state index contributed by atoms with van der Waals surface area (Å²) in [6.07, 6.45) is 9.56. The zero-order valence-electron chi connectivity index (χ0n) is 19.1. The maximum atomic E-state index is 15.0. The van der Waals surface area contributed by atoms with Crippen molar-refractivity contribution < 1.29 is 17.9 Å². The molecular formula is C29H27BF3O. The second-order valence-corrected chi connectivity index (χ2v) is 8.89. The van der Waals surface area contributed by atoms with Crippen LogP contribution in [0.25, 0.3) is 22.3 Å². The molecule has 1 fully saturated rings. The van der Waals surface area contributed by atoms with Crippen LogP contribution in [0.15, 0.2) is 67.3 Å². The van der Waals surface area contributed by atoms with Crippen molar-refractivity contribution in [3.63, 3.8) is 0 Å². The SMILES string of the molecule is [B]=COc1ccc(-c2ccc(-c3ccc(C4CCC(CCC=C)CC4)cc3F)cc2)c(F)c1F. The first-order valence-corrected chi connectivity index (χ1v) is 11.7. The van der Waals surface area contributed by atoms with Gasteiger partial charge in [0.05, 0.1) is 0 Å². The van der Waals surface area contributed by atoms with Crippen molar-refractivity contribution in [2.75, 3.05) is 0 Å². The molecule has 173 valence electrons. The van der Waals surface area contributed by atoms with Gasteiger partial charge in [0.2, 0.25) is 0 Å². The van der Waals surface area contributed by atoms with Crippen LogP contribution in [0.1, 0.15) is 50.0 Å². The number of allylic oxidation sites excluding steroid dienone is 1. The fourth-order valence-electron chi connectivity index (χ4n) is 4.91. The Kier molecular flexibility index (Phi) is 7.71. The van der Waals surface area contributed by atoms with Crippen molar-refractivity contribution in [3.05, 3.63) is 90.3 Å². The standard InChI is InChI=1S/C29H27BF3O/c1-2-3-4-19-5-7-20(8-6-19)23-13-14-24(26(31)17-23)21-9-11-22(12-10-21)25-15-16-27(34-18-30)29(33)28(25)32/h2,9-20H,1,3-8H2. The molecule has 0 aromatic heterocycles. The van der Waals surface area contributed by atoms with Gasteiger partial charge >= 0.3 is 115 Å². The van der Waals surface area contributed by atoms with Crippen molar-refractivity contribution in [3.8, 4) is 28.0 Å². The summed E-state index contributed by atoms with van der Waals surface area (Å²) in [4.78, 5) is 0. The number of rotatable bonds is 8. The van der Waals surface area contributed by atoms with Gasteiger partial charge in [-0.1, -0.05) is 12.1 Å². The van der Waals surface area contributed by atoms with E-state index in [1.54, 1.807) is 30.3 Å². The van der Waals surface area contributed by atoms with Gasteiger partial charge in [0.15, 0.2) is 0 Å². The van der Waals surface area contributed by atoms with E-state index in [1.807, 2.05) is 18.2 Å². The molecule has 0 atom stereocenters. The molecule has 0 heterocycles. The summed E-state index contributed by atoms with van der Waals surface area (Å²) in [5.74, 6) is -1.55. The molecular weight excluding hydrogens is 432 g/mol. The average Bonchev–Trinajstić information content (AvgIpc) is 2.86. The van der Waals surface area contributed by atoms with Crippen LogP contribution in [0.5, 0.6) is 5.75 Å². The Morgan fingerprint density at radius 2 is 1.50 bits per heavy atom. The molecule has 1 aliphatic rings. The summed E-state index contributed by atoms with van der Waals surface area (Å²) < 4.78 is 48.5. The summed E-state index contributed by atoms with van der Waals surface area (Å²) in [6, 6.07) is 15.0. The van der Waals surface area contributed by atoms with Crippen molar-refractivity contribution >= 4 is 13.6 Å². The fraction of sp³-hybridized carbons (Fsp3) is 0.276. The van der Waals surface area contributed by atoms with Gasteiger partial charge < -0.3 is 0 Å². The van der Waals surface area contributed by atoms with E-state index in [4.69, 9.17) is 12.2 Å². The topological polar surface area (TPSA) is 9.23 Å². The molecule has 0 bridgehead atoms. The van der Waals surface area contributed by atoms with Crippen LogP contribution in [-0.4, -0.2) is 13.6 Å². The van der Waals surface area contributed by atoms with Crippen LogP contribution in [-0.2, 0) is 0 Å². The third-order valence-electron chi connectivity index (χ3n) is 6.84. The average molecular weight is 459 g/mol. The Hall–Kier alpha value is -3.08. The molecule has 5 heteroatoms. The number of ether oxygens (including phenoxy) is 1. The minimum atomic E-state index is -1.11. The van der Waals surface area contributed by atoms with Gasteiger partial charge in [0, 0.05) is 0 Å². The summed E-state index contributed by atoms with van der Waals surface area (Å²) in [7, 11) is 5.12. The first-order chi connectivity index (χ1) is 16.5. The molecule has 0 aliphatic heterocycles. The van der Waals surface area contributed by atoms with Crippen LogP contribution in [0.4, 0.5) is 13.2 Å². The van der Waals surface area contributed by atoms with E-state index in [1.165, 1.54) is 31.4 Å². The van der Waals surface area contributed by atoms with Crippen LogP contribution < -0.4 is 4.74 Å². The third-order valence-corrected chi connectivity index (χ3v) is 6.84. The summed E-state index contributed by atoms with van der Waals surface area (Å²) in [5, 5.41) is 0. The zero-order chi connectivity index (χ0) is 24.1. The van der Waals surface area contributed by atoms with Crippen LogP contribution in [0.2, 0.25) is 0 Å². The van der Waals surface area contributed by atoms with Gasteiger partial charge in [-0.05, 0) is 62.0 Å². The van der Waals surface area contributed by atoms with E-state index in [0.29, 0.717) is 22.6 Å². The first kappa shape index (κ1) is 24.1. The molecule has 0 saturated heterocycles. The molecule has 34 heavy (non-hydrogen) atoms. The number of hydrogen-bond acceptors (Lipinski definition) is 1. The van der Waals surface area contributed by atoms with E-state index in [0.717, 1.165) is 36.9 Å². The molecule has 0 amide bonds. The summed E-state index contributed by atoms with van der Waals surface area (Å²) in [6.45, 7) is 3.80. The third kappa shape index (κ3) is 5.19. The van der Waals surface area contributed by atoms with Gasteiger partial charge in [-0.25, -0.2) is 4.39 Å². The molecule has 3 aromatic rings. The number of hydrogen-bond donors (Lipinski definition) is 0. The van der Waals surface area contributed by atoms with Crippen molar-refractivity contribution in [2.24, 2.45) is 5.92 Å². The Balaban J connectivity index is 1.49. The molecule has 0 spiro atoms. The van der Waals surface area contributed by atoms with Crippen molar-refractivity contribution in [1.29, 1.82) is 0 Å². The normalized spacial score (nSPS) is 17.8. The van der Waals surface area contributed by atoms with E-state index < -0.39 is 11.6 Å². The molecule has 4 rings (SSSR count). The van der Waals surface area contributed by atoms with Crippen LogP contribution >= 0.6 is 0 Å². The van der Waals surface area contributed by atoms with Gasteiger partial charge in [-0.15, -0.1) is 6.58 Å².